The number of carbonyl (C=O) groups excluding carboxylic acids is 1. The van der Waals surface area contributed by atoms with Crippen LogP contribution in [-0.4, -0.2) is 45.0 Å². The van der Waals surface area contributed by atoms with Gasteiger partial charge in [-0.3, -0.25) is 9.69 Å². The molecule has 2 aliphatic rings. The highest BCUT2D eigenvalue weighted by Crippen LogP contribution is 2.32. The Labute approximate surface area is 189 Å². The molecule has 7 nitrogen and oxygen atoms in total. The molecule has 1 aliphatic carbocycles. The predicted molar refractivity (Wildman–Crippen MR) is 120 cm³/mol. The quantitative estimate of drug-likeness (QED) is 0.438. The van der Waals surface area contributed by atoms with Gasteiger partial charge < -0.3 is 4.74 Å². The van der Waals surface area contributed by atoms with Crippen molar-refractivity contribution in [2.75, 3.05) is 19.7 Å². The number of benzene rings is 2. The van der Waals surface area contributed by atoms with E-state index in [-0.39, 0.29) is 22.8 Å². The zero-order valence-corrected chi connectivity index (χ0v) is 18.7. The van der Waals surface area contributed by atoms with Gasteiger partial charge in [-0.25, -0.2) is 8.42 Å². The minimum Gasteiger partial charge on any atom is -0.494 e. The third-order valence-electron chi connectivity index (χ3n) is 5.89. The van der Waals surface area contributed by atoms with Crippen molar-refractivity contribution in [3.8, 4) is 11.8 Å². The van der Waals surface area contributed by atoms with E-state index in [1.165, 1.54) is 24.3 Å². The lowest BCUT2D eigenvalue weighted by molar-refractivity contribution is 0.0967. The van der Waals surface area contributed by atoms with Crippen molar-refractivity contribution in [1.29, 1.82) is 5.26 Å². The number of hydrogen-bond acceptors (Lipinski definition) is 6. The molecule has 8 heteroatoms. The zero-order valence-electron chi connectivity index (χ0n) is 17.9. The first-order chi connectivity index (χ1) is 15.5. The molecule has 0 bridgehead atoms. The minimum absolute atomic E-state index is 0.162. The predicted octanol–water partition coefficient (Wildman–Crippen LogP) is 3.32. The van der Waals surface area contributed by atoms with Crippen LogP contribution < -0.4 is 9.46 Å². The Hall–Kier alpha value is -2.73. The highest BCUT2D eigenvalue weighted by Gasteiger charge is 2.30. The van der Waals surface area contributed by atoms with Crippen LogP contribution in [0.15, 0.2) is 53.4 Å². The van der Waals surface area contributed by atoms with Crippen molar-refractivity contribution in [3.63, 3.8) is 0 Å². The van der Waals surface area contributed by atoms with E-state index in [2.05, 4.69) is 9.62 Å². The number of nitriles is 1. The van der Waals surface area contributed by atoms with Crippen molar-refractivity contribution in [3.05, 3.63) is 59.7 Å². The van der Waals surface area contributed by atoms with Crippen LogP contribution in [0, 0.1) is 17.2 Å². The van der Waals surface area contributed by atoms with Crippen molar-refractivity contribution in [1.82, 2.24) is 9.62 Å². The molecule has 0 amide bonds. The molecule has 2 fully saturated rings. The summed E-state index contributed by atoms with van der Waals surface area (Å²) in [5, 5.41) is 8.88. The summed E-state index contributed by atoms with van der Waals surface area (Å²) in [6.07, 6.45) is 4.20. The number of likely N-dealkylation sites (tertiary alicyclic amines) is 1. The van der Waals surface area contributed by atoms with Crippen LogP contribution in [0.25, 0.3) is 0 Å². The van der Waals surface area contributed by atoms with Gasteiger partial charge in [0.15, 0.2) is 5.78 Å². The molecule has 1 saturated carbocycles. The van der Waals surface area contributed by atoms with Crippen LogP contribution in [0.4, 0.5) is 0 Å². The fourth-order valence-electron chi connectivity index (χ4n) is 3.94. The fraction of sp³-hybridized carbons (Fsp3) is 0.417. The summed E-state index contributed by atoms with van der Waals surface area (Å²) < 4.78 is 34.0. The maximum absolute atomic E-state index is 12.7. The summed E-state index contributed by atoms with van der Waals surface area (Å²) in [7, 11) is -3.65. The first-order valence-corrected chi connectivity index (χ1v) is 12.5. The third kappa shape index (κ3) is 5.54. The first-order valence-electron chi connectivity index (χ1n) is 11.0. The Morgan fingerprint density at radius 2 is 1.81 bits per heavy atom. The van der Waals surface area contributed by atoms with Gasteiger partial charge in [-0.2, -0.15) is 9.98 Å². The highest BCUT2D eigenvalue weighted by atomic mass is 32.2. The van der Waals surface area contributed by atoms with E-state index in [0.29, 0.717) is 12.2 Å². The van der Waals surface area contributed by atoms with Gasteiger partial charge in [-0.15, -0.1) is 0 Å². The fourth-order valence-corrected chi connectivity index (χ4v) is 5.19. The van der Waals surface area contributed by atoms with Crippen molar-refractivity contribution in [2.45, 2.75) is 43.2 Å². The molecule has 1 saturated heterocycles. The molecule has 1 N–H and O–H groups in total. The molecule has 4 rings (SSSR count). The molecular weight excluding hydrogens is 426 g/mol. The number of hydrogen-bond donors (Lipinski definition) is 1. The average molecular weight is 454 g/mol. The second-order valence-electron chi connectivity index (χ2n) is 8.32. The minimum atomic E-state index is -3.65. The molecule has 1 aliphatic heterocycles. The number of rotatable bonds is 10. The summed E-state index contributed by atoms with van der Waals surface area (Å²) >= 11 is 0. The molecule has 32 heavy (non-hydrogen) atoms. The van der Waals surface area contributed by atoms with Gasteiger partial charge in [-0.1, -0.05) is 0 Å². The lowest BCUT2D eigenvalue weighted by Crippen LogP contribution is -2.44. The summed E-state index contributed by atoms with van der Waals surface area (Å²) in [6, 6.07) is 15.2. The number of Topliss-reactive ketones (excluding diaryl/α,β-unsaturated/α-hetero) is 1. The molecule has 1 unspecified atom stereocenters. The Kier molecular flexibility index (Phi) is 6.89. The van der Waals surface area contributed by atoms with Gasteiger partial charge >= 0.3 is 0 Å². The standard InChI is InChI=1S/C24H27N3O4S/c25-17-18-4-12-22(13-5-18)32(29,30)26-23-3-1-14-27(23)15-2-16-31-21-10-8-20(9-11-21)24(28)19-6-7-19/h4-5,8-13,19,23,26H,1-3,6-7,14-16H2. The Morgan fingerprint density at radius 3 is 2.47 bits per heavy atom. The van der Waals surface area contributed by atoms with Gasteiger partial charge in [0.05, 0.1) is 29.3 Å². The highest BCUT2D eigenvalue weighted by molar-refractivity contribution is 7.89. The van der Waals surface area contributed by atoms with Crippen LogP contribution in [-0.2, 0) is 10.0 Å². The van der Waals surface area contributed by atoms with E-state index in [4.69, 9.17) is 10.00 Å². The van der Waals surface area contributed by atoms with Crippen LogP contribution in [0.5, 0.6) is 5.75 Å². The average Bonchev–Trinajstić information content (AvgIpc) is 3.57. The molecule has 2 aromatic carbocycles. The van der Waals surface area contributed by atoms with Gasteiger partial charge in [0.1, 0.15) is 5.75 Å². The monoisotopic (exact) mass is 453 g/mol. The number of carbonyl (C=O) groups is 1. The van der Waals surface area contributed by atoms with E-state index >= 15 is 0 Å². The van der Waals surface area contributed by atoms with E-state index in [1.54, 1.807) is 0 Å². The van der Waals surface area contributed by atoms with Crippen LogP contribution in [0.3, 0.4) is 0 Å². The van der Waals surface area contributed by atoms with Crippen molar-refractivity contribution < 1.29 is 17.9 Å². The topological polar surface area (TPSA) is 99.5 Å². The molecule has 1 atom stereocenters. The number of sulfonamides is 1. The lowest BCUT2D eigenvalue weighted by Gasteiger charge is -2.25. The molecule has 0 spiro atoms. The first kappa shape index (κ1) is 22.5. The summed E-state index contributed by atoms with van der Waals surface area (Å²) in [5.41, 5.74) is 1.17. The van der Waals surface area contributed by atoms with E-state index in [9.17, 15) is 13.2 Å². The van der Waals surface area contributed by atoms with Crippen LogP contribution >= 0.6 is 0 Å². The SMILES string of the molecule is N#Cc1ccc(S(=O)(=O)NC2CCCN2CCCOc2ccc(C(=O)C3CC3)cc2)cc1. The molecule has 0 aromatic heterocycles. The van der Waals surface area contributed by atoms with Crippen LogP contribution in [0.1, 0.15) is 48.0 Å². The zero-order chi connectivity index (χ0) is 22.6. The Balaban J connectivity index is 1.24. The number of ketones is 1. The van der Waals surface area contributed by atoms with Gasteiger partial charge in [0.2, 0.25) is 10.0 Å². The maximum atomic E-state index is 12.7. The summed E-state index contributed by atoms with van der Waals surface area (Å²) in [6.45, 7) is 2.07. The van der Waals surface area contributed by atoms with Gasteiger partial charge in [-0.05, 0) is 87.2 Å². The van der Waals surface area contributed by atoms with E-state index in [0.717, 1.165) is 56.5 Å². The largest absolute Gasteiger partial charge is 0.494 e. The number of nitrogens with one attached hydrogen (secondary N) is 1. The normalized spacial score (nSPS) is 18.9. The molecule has 168 valence electrons. The van der Waals surface area contributed by atoms with E-state index < -0.39 is 10.0 Å². The summed E-state index contributed by atoms with van der Waals surface area (Å²) in [4.78, 5) is 14.4. The number of nitrogens with zero attached hydrogens (tertiary/aromatic N) is 2. The lowest BCUT2D eigenvalue weighted by atomic mass is 10.1. The number of ether oxygens (including phenoxy) is 1. The van der Waals surface area contributed by atoms with Crippen molar-refractivity contribution in [2.24, 2.45) is 5.92 Å². The third-order valence-corrected chi connectivity index (χ3v) is 7.37. The molecule has 2 aromatic rings. The molecular formula is C24H27N3O4S. The molecule has 1 heterocycles. The molecule has 0 radical (unpaired) electrons. The second-order valence-corrected chi connectivity index (χ2v) is 10.0. The van der Waals surface area contributed by atoms with Gasteiger partial charge in [0.25, 0.3) is 0 Å². The Bertz CT molecular complexity index is 1090. The smallest absolute Gasteiger partial charge is 0.241 e. The van der Waals surface area contributed by atoms with Crippen molar-refractivity contribution >= 4 is 15.8 Å². The second kappa shape index (κ2) is 9.82. The Morgan fingerprint density at radius 1 is 1.09 bits per heavy atom. The van der Waals surface area contributed by atoms with Crippen LogP contribution in [0.2, 0.25) is 0 Å². The summed E-state index contributed by atoms with van der Waals surface area (Å²) in [5.74, 6) is 1.17. The van der Waals surface area contributed by atoms with Gasteiger partial charge in [0, 0.05) is 18.0 Å². The maximum Gasteiger partial charge on any atom is 0.241 e. The van der Waals surface area contributed by atoms with E-state index in [1.807, 2.05) is 30.3 Å².